The van der Waals surface area contributed by atoms with E-state index in [1.54, 1.807) is 6.20 Å². The maximum Gasteiger partial charge on any atom is 0.264 e. The summed E-state index contributed by atoms with van der Waals surface area (Å²) in [5.74, 6) is 1.42. The zero-order chi connectivity index (χ0) is 21.3. The van der Waals surface area contributed by atoms with Crippen LogP contribution in [0, 0.1) is 18.8 Å². The lowest BCUT2D eigenvalue weighted by Crippen LogP contribution is -2.27. The quantitative estimate of drug-likeness (QED) is 0.519. The summed E-state index contributed by atoms with van der Waals surface area (Å²) in [5.41, 5.74) is 11.5. The van der Waals surface area contributed by atoms with Crippen molar-refractivity contribution in [1.29, 1.82) is 0 Å². The van der Waals surface area contributed by atoms with Crippen LogP contribution in [0.4, 0.5) is 5.82 Å². The molecule has 0 spiro atoms. The molecule has 31 heavy (non-hydrogen) atoms. The van der Waals surface area contributed by atoms with Gasteiger partial charge >= 0.3 is 0 Å². The smallest absolute Gasteiger partial charge is 0.264 e. The lowest BCUT2D eigenvalue weighted by atomic mass is 10.0. The third kappa shape index (κ3) is 2.89. The number of rotatable bonds is 5. The third-order valence-corrected chi connectivity index (χ3v) is 6.78. The molecular formula is C23H25N7O. The lowest BCUT2D eigenvalue weighted by Gasteiger charge is -2.20. The van der Waals surface area contributed by atoms with Crippen LogP contribution in [0.1, 0.15) is 37.3 Å². The molecule has 8 heteroatoms. The van der Waals surface area contributed by atoms with Crippen LogP contribution in [0.15, 0.2) is 35.5 Å². The van der Waals surface area contributed by atoms with Crippen molar-refractivity contribution in [2.24, 2.45) is 18.9 Å². The van der Waals surface area contributed by atoms with Crippen LogP contribution in [0.2, 0.25) is 0 Å². The second-order valence-corrected chi connectivity index (χ2v) is 9.01. The van der Waals surface area contributed by atoms with Gasteiger partial charge in [-0.2, -0.15) is 10.2 Å². The van der Waals surface area contributed by atoms with Crippen molar-refractivity contribution < 1.29 is 0 Å². The van der Waals surface area contributed by atoms with Gasteiger partial charge in [-0.1, -0.05) is 0 Å². The summed E-state index contributed by atoms with van der Waals surface area (Å²) in [6.45, 7) is 2.06. The summed E-state index contributed by atoms with van der Waals surface area (Å²) < 4.78 is 3.79. The molecular weight excluding hydrogens is 390 g/mol. The maximum atomic E-state index is 13.4. The first-order valence-electron chi connectivity index (χ1n) is 10.9. The van der Waals surface area contributed by atoms with Gasteiger partial charge in [0.2, 0.25) is 0 Å². The highest BCUT2D eigenvalue weighted by Gasteiger charge is 2.43. The average Bonchev–Trinajstić information content (AvgIpc) is 3.68. The molecule has 0 aliphatic heterocycles. The first kappa shape index (κ1) is 18.4. The fraction of sp³-hybridized carbons (Fsp3) is 0.391. The Balaban J connectivity index is 1.57. The molecule has 0 amide bonds. The number of pyridine rings is 2. The molecule has 2 aliphatic rings. The van der Waals surface area contributed by atoms with Gasteiger partial charge in [-0.05, 0) is 62.1 Å². The van der Waals surface area contributed by atoms with Crippen molar-refractivity contribution in [3.63, 3.8) is 0 Å². The Bertz CT molecular complexity index is 1360. The number of fused-ring (bicyclic) bond motifs is 1. The molecule has 0 atom stereocenters. The Labute approximate surface area is 179 Å². The summed E-state index contributed by atoms with van der Waals surface area (Å²) in [6, 6.07) is 4.29. The highest BCUT2D eigenvalue weighted by molar-refractivity contribution is 5.97. The number of nitrogens with zero attached hydrogens (tertiary/aromatic N) is 5. The molecule has 0 unspecified atom stereocenters. The van der Waals surface area contributed by atoms with Gasteiger partial charge in [0.05, 0.1) is 16.9 Å². The van der Waals surface area contributed by atoms with Crippen molar-refractivity contribution >= 4 is 16.7 Å². The Kier molecular flexibility index (Phi) is 3.87. The number of nitrogens with two attached hydrogens (primary N) is 1. The van der Waals surface area contributed by atoms with Gasteiger partial charge in [-0.3, -0.25) is 19.6 Å². The molecule has 3 N–H and O–H groups in total. The van der Waals surface area contributed by atoms with Crippen molar-refractivity contribution in [2.75, 3.05) is 5.73 Å². The second kappa shape index (κ2) is 6.54. The van der Waals surface area contributed by atoms with Crippen molar-refractivity contribution in [2.45, 2.75) is 38.6 Å². The van der Waals surface area contributed by atoms with Gasteiger partial charge in [0, 0.05) is 42.8 Å². The van der Waals surface area contributed by atoms with Crippen molar-refractivity contribution in [1.82, 2.24) is 29.5 Å². The van der Waals surface area contributed by atoms with Gasteiger partial charge in [0.1, 0.15) is 5.39 Å². The summed E-state index contributed by atoms with van der Waals surface area (Å²) in [6.07, 6.45) is 10.4. The zero-order valence-corrected chi connectivity index (χ0v) is 17.7. The Hall–Kier alpha value is -3.42. The predicted octanol–water partition coefficient (Wildman–Crippen LogP) is 3.44. The van der Waals surface area contributed by atoms with Crippen LogP contribution in [-0.4, -0.2) is 29.5 Å². The molecule has 0 radical (unpaired) electrons. The van der Waals surface area contributed by atoms with E-state index in [1.165, 1.54) is 25.7 Å². The van der Waals surface area contributed by atoms with Gasteiger partial charge in [0.15, 0.2) is 5.82 Å². The summed E-state index contributed by atoms with van der Waals surface area (Å²) in [4.78, 5) is 17.7. The number of nitrogen functional groups attached to an aromatic ring is 1. The fourth-order valence-corrected chi connectivity index (χ4v) is 4.87. The first-order chi connectivity index (χ1) is 15.0. The van der Waals surface area contributed by atoms with E-state index in [0.717, 1.165) is 28.1 Å². The summed E-state index contributed by atoms with van der Waals surface area (Å²) >= 11 is 0. The molecule has 2 saturated carbocycles. The minimum absolute atomic E-state index is 0.0481. The number of hydrogen-bond acceptors (Lipinski definition) is 5. The van der Waals surface area contributed by atoms with Crippen molar-refractivity contribution in [3.8, 4) is 22.5 Å². The van der Waals surface area contributed by atoms with Gasteiger partial charge < -0.3 is 10.3 Å². The molecule has 8 nitrogen and oxygen atoms in total. The number of H-pyrrole nitrogens is 1. The van der Waals surface area contributed by atoms with E-state index >= 15 is 0 Å². The van der Waals surface area contributed by atoms with E-state index in [4.69, 9.17) is 10.8 Å². The molecule has 4 heterocycles. The number of aryl methyl sites for hydroxylation is 2. The zero-order valence-electron chi connectivity index (χ0n) is 17.7. The number of anilines is 1. The van der Waals surface area contributed by atoms with Gasteiger partial charge in [-0.15, -0.1) is 0 Å². The van der Waals surface area contributed by atoms with E-state index in [-0.39, 0.29) is 17.4 Å². The molecule has 158 valence electrons. The SMILES string of the molecule is Cc1ccncc1-c1cc(-c2cn(C(C3CC3)C3CC3)c(=O)c3c(N)n[nH]c23)nn1C. The molecule has 2 fully saturated rings. The number of nitrogens with one attached hydrogen (secondary N) is 1. The summed E-state index contributed by atoms with van der Waals surface area (Å²) in [5, 5.41) is 12.4. The monoisotopic (exact) mass is 415 g/mol. The lowest BCUT2D eigenvalue weighted by molar-refractivity contribution is 0.386. The first-order valence-corrected chi connectivity index (χ1v) is 10.9. The van der Waals surface area contributed by atoms with Crippen molar-refractivity contribution in [3.05, 3.63) is 46.6 Å². The Morgan fingerprint density at radius 1 is 1.19 bits per heavy atom. The topological polar surface area (TPSA) is 107 Å². The van der Waals surface area contributed by atoms with E-state index in [1.807, 2.05) is 40.8 Å². The summed E-state index contributed by atoms with van der Waals surface area (Å²) in [7, 11) is 1.93. The van der Waals surface area contributed by atoms with E-state index in [0.29, 0.717) is 22.7 Å². The van der Waals surface area contributed by atoms with Crippen LogP contribution >= 0.6 is 0 Å². The highest BCUT2D eigenvalue weighted by Crippen LogP contribution is 2.52. The number of hydrogen-bond donors (Lipinski definition) is 2. The second-order valence-electron chi connectivity index (χ2n) is 9.01. The molecule has 6 rings (SSSR count). The Morgan fingerprint density at radius 3 is 2.61 bits per heavy atom. The minimum atomic E-state index is -0.0481. The molecule has 0 aromatic carbocycles. The maximum absolute atomic E-state index is 13.4. The molecule has 0 bridgehead atoms. The molecule has 4 aromatic heterocycles. The predicted molar refractivity (Wildman–Crippen MR) is 119 cm³/mol. The standard InChI is InChI=1S/C23H25N7O/c1-12-7-8-25-10-15(12)18-9-17(28-29(18)2)16-11-30(21(13-3-4-13)14-5-6-14)23(31)19-20(16)26-27-22(19)24/h7-11,13-14,21H,3-6H2,1-2H3,(H3,24,26,27). The van der Waals surface area contributed by atoms with Crippen LogP contribution < -0.4 is 11.3 Å². The third-order valence-electron chi connectivity index (χ3n) is 6.78. The van der Waals surface area contributed by atoms with Gasteiger partial charge in [-0.25, -0.2) is 0 Å². The van der Waals surface area contributed by atoms with E-state index < -0.39 is 0 Å². The van der Waals surface area contributed by atoms with Crippen LogP contribution in [0.3, 0.4) is 0 Å². The molecule has 4 aromatic rings. The largest absolute Gasteiger partial charge is 0.382 e. The average molecular weight is 416 g/mol. The normalized spacial score (nSPS) is 16.5. The minimum Gasteiger partial charge on any atom is -0.382 e. The van der Waals surface area contributed by atoms with E-state index in [9.17, 15) is 4.79 Å². The Morgan fingerprint density at radius 2 is 1.94 bits per heavy atom. The van der Waals surface area contributed by atoms with E-state index in [2.05, 4.69) is 22.1 Å². The van der Waals surface area contributed by atoms with Crippen LogP contribution in [0.25, 0.3) is 33.4 Å². The van der Waals surface area contributed by atoms with Gasteiger partial charge in [0.25, 0.3) is 5.56 Å². The van der Waals surface area contributed by atoms with Crippen LogP contribution in [0.5, 0.6) is 0 Å². The van der Waals surface area contributed by atoms with Crippen LogP contribution in [-0.2, 0) is 7.05 Å². The molecule has 2 aliphatic carbocycles. The number of aromatic amines is 1. The highest BCUT2D eigenvalue weighted by atomic mass is 16.1. The fourth-order valence-electron chi connectivity index (χ4n) is 4.87. The molecule has 0 saturated heterocycles. The number of aromatic nitrogens is 6.